The Hall–Kier alpha value is -1.94. The van der Waals surface area contributed by atoms with Gasteiger partial charge >= 0.3 is 0 Å². The summed E-state index contributed by atoms with van der Waals surface area (Å²) in [7, 11) is 0. The van der Waals surface area contributed by atoms with Crippen molar-refractivity contribution < 1.29 is 9.59 Å². The summed E-state index contributed by atoms with van der Waals surface area (Å²) in [5.74, 6) is -0.785. The molecule has 0 aromatic heterocycles. The van der Waals surface area contributed by atoms with E-state index in [1.807, 2.05) is 30.3 Å². The average Bonchev–Trinajstić information content (AvgIpc) is 2.28. The Morgan fingerprint density at radius 1 is 1.25 bits per heavy atom. The van der Waals surface area contributed by atoms with Crippen LogP contribution in [-0.2, 0) is 9.59 Å². The van der Waals surface area contributed by atoms with Crippen molar-refractivity contribution in [3.05, 3.63) is 42.0 Å². The fourth-order valence-electron chi connectivity index (χ4n) is 1.11. The van der Waals surface area contributed by atoms with Gasteiger partial charge in [0.25, 0.3) is 5.91 Å². The van der Waals surface area contributed by atoms with Crippen LogP contribution in [0.4, 0.5) is 0 Å². The van der Waals surface area contributed by atoms with Crippen molar-refractivity contribution in [1.29, 1.82) is 0 Å². The van der Waals surface area contributed by atoms with Crippen LogP contribution in [0.2, 0.25) is 0 Å². The lowest BCUT2D eigenvalue weighted by Crippen LogP contribution is -2.30. The molecule has 4 heteroatoms. The Labute approximate surface area is 94.1 Å². The molecule has 1 aromatic carbocycles. The minimum atomic E-state index is -0.428. The molecule has 1 aromatic rings. The second-order valence-electron chi connectivity index (χ2n) is 3.20. The number of nitrogens with one attached hydrogen (secondary N) is 1. The zero-order valence-electron chi connectivity index (χ0n) is 8.85. The summed E-state index contributed by atoms with van der Waals surface area (Å²) in [5, 5.41) is 2.21. The smallest absolute Gasteiger partial charge is 0.250 e. The Kier molecular flexibility index (Phi) is 4.95. The van der Waals surface area contributed by atoms with Gasteiger partial charge in [-0.05, 0) is 11.6 Å². The van der Waals surface area contributed by atoms with E-state index in [1.54, 1.807) is 6.08 Å². The number of nitrogens with two attached hydrogens (primary N) is 1. The molecule has 0 saturated heterocycles. The third kappa shape index (κ3) is 4.52. The number of carbonyl (C=O) groups is 2. The fraction of sp³-hybridized carbons (Fsp3) is 0.167. The van der Waals surface area contributed by atoms with Gasteiger partial charge in [0.2, 0.25) is 5.91 Å². The van der Waals surface area contributed by atoms with Gasteiger partial charge in [0, 0.05) is 19.0 Å². The molecule has 0 radical (unpaired) electrons. The molecule has 1 rings (SSSR count). The van der Waals surface area contributed by atoms with E-state index in [2.05, 4.69) is 5.32 Å². The number of hydrogen-bond acceptors (Lipinski definition) is 3. The Bertz CT molecular complexity index is 385. The maximum Gasteiger partial charge on any atom is 0.250 e. The largest absolute Gasteiger partial charge is 0.330 e. The first kappa shape index (κ1) is 12.1. The van der Waals surface area contributed by atoms with Gasteiger partial charge in [-0.2, -0.15) is 0 Å². The normalized spacial score (nSPS) is 10.3. The van der Waals surface area contributed by atoms with Crippen molar-refractivity contribution in [3.63, 3.8) is 0 Å². The van der Waals surface area contributed by atoms with Gasteiger partial charge in [0.1, 0.15) is 0 Å². The molecule has 0 unspecified atom stereocenters. The van der Waals surface area contributed by atoms with Gasteiger partial charge < -0.3 is 5.73 Å². The first-order valence-corrected chi connectivity index (χ1v) is 4.99. The van der Waals surface area contributed by atoms with Crippen molar-refractivity contribution in [2.45, 2.75) is 6.42 Å². The summed E-state index contributed by atoms with van der Waals surface area (Å²) in [6, 6.07) is 9.37. The van der Waals surface area contributed by atoms with Crippen LogP contribution in [0.15, 0.2) is 36.4 Å². The van der Waals surface area contributed by atoms with E-state index in [-0.39, 0.29) is 18.9 Å². The lowest BCUT2D eigenvalue weighted by molar-refractivity contribution is -0.127. The van der Waals surface area contributed by atoms with Gasteiger partial charge in [-0.1, -0.05) is 30.3 Å². The number of imide groups is 1. The Morgan fingerprint density at radius 3 is 2.56 bits per heavy atom. The molecule has 3 N–H and O–H groups in total. The van der Waals surface area contributed by atoms with Crippen molar-refractivity contribution in [2.24, 2.45) is 5.73 Å². The maximum atomic E-state index is 11.2. The number of carbonyl (C=O) groups excluding carboxylic acids is 2. The zero-order valence-corrected chi connectivity index (χ0v) is 8.85. The Balaban J connectivity index is 2.46. The summed E-state index contributed by atoms with van der Waals surface area (Å²) in [5.41, 5.74) is 6.09. The van der Waals surface area contributed by atoms with E-state index in [1.165, 1.54) is 6.08 Å². The van der Waals surface area contributed by atoms with Gasteiger partial charge in [-0.15, -0.1) is 0 Å². The van der Waals surface area contributed by atoms with Crippen LogP contribution in [0.1, 0.15) is 12.0 Å². The molecule has 0 bridgehead atoms. The fourth-order valence-corrected chi connectivity index (χ4v) is 1.11. The molecule has 16 heavy (non-hydrogen) atoms. The first-order valence-electron chi connectivity index (χ1n) is 4.99. The highest BCUT2D eigenvalue weighted by atomic mass is 16.2. The van der Waals surface area contributed by atoms with Crippen LogP contribution in [-0.4, -0.2) is 18.4 Å². The van der Waals surface area contributed by atoms with E-state index in [9.17, 15) is 9.59 Å². The van der Waals surface area contributed by atoms with Crippen LogP contribution in [0.5, 0.6) is 0 Å². The lowest BCUT2D eigenvalue weighted by atomic mass is 10.2. The molecule has 0 aliphatic heterocycles. The lowest BCUT2D eigenvalue weighted by Gasteiger charge is -1.98. The van der Waals surface area contributed by atoms with Gasteiger partial charge in [-0.3, -0.25) is 14.9 Å². The monoisotopic (exact) mass is 218 g/mol. The van der Waals surface area contributed by atoms with E-state index < -0.39 is 5.91 Å². The molecule has 0 aliphatic rings. The van der Waals surface area contributed by atoms with E-state index in [0.717, 1.165) is 5.56 Å². The molecule has 0 spiro atoms. The molecule has 2 amide bonds. The number of hydrogen-bond donors (Lipinski definition) is 2. The summed E-state index contributed by atoms with van der Waals surface area (Å²) in [6.07, 6.45) is 3.12. The molecule has 0 aliphatic carbocycles. The van der Waals surface area contributed by atoms with Crippen molar-refractivity contribution in [1.82, 2.24) is 5.32 Å². The maximum absolute atomic E-state index is 11.2. The highest BCUT2D eigenvalue weighted by molar-refractivity contribution is 6.02. The number of amides is 2. The van der Waals surface area contributed by atoms with Crippen LogP contribution < -0.4 is 11.1 Å². The Morgan fingerprint density at radius 2 is 1.94 bits per heavy atom. The quantitative estimate of drug-likeness (QED) is 0.730. The van der Waals surface area contributed by atoms with Gasteiger partial charge in [0.15, 0.2) is 0 Å². The summed E-state index contributed by atoms with van der Waals surface area (Å²) in [4.78, 5) is 22.3. The predicted molar refractivity (Wildman–Crippen MR) is 62.3 cm³/mol. The molecule has 0 heterocycles. The highest BCUT2D eigenvalue weighted by Crippen LogP contribution is 2.00. The minimum absolute atomic E-state index is 0.158. The predicted octanol–water partition coefficient (Wildman–Crippen LogP) is 0.691. The summed E-state index contributed by atoms with van der Waals surface area (Å²) < 4.78 is 0. The second kappa shape index (κ2) is 6.53. The van der Waals surface area contributed by atoms with Crippen molar-refractivity contribution in [2.75, 3.05) is 6.54 Å². The van der Waals surface area contributed by atoms with Gasteiger partial charge in [-0.25, -0.2) is 0 Å². The SMILES string of the molecule is NCCC(=O)NC(=O)C=Cc1ccccc1. The summed E-state index contributed by atoms with van der Waals surface area (Å²) >= 11 is 0. The molecule has 84 valence electrons. The number of benzene rings is 1. The molecular weight excluding hydrogens is 204 g/mol. The zero-order chi connectivity index (χ0) is 11.8. The topological polar surface area (TPSA) is 72.2 Å². The highest BCUT2D eigenvalue weighted by Gasteiger charge is 2.02. The van der Waals surface area contributed by atoms with E-state index in [4.69, 9.17) is 5.73 Å². The van der Waals surface area contributed by atoms with Crippen molar-refractivity contribution >= 4 is 17.9 Å². The molecule has 0 atom stereocenters. The van der Waals surface area contributed by atoms with Gasteiger partial charge in [0.05, 0.1) is 0 Å². The molecule has 0 fully saturated rings. The number of rotatable bonds is 4. The van der Waals surface area contributed by atoms with E-state index in [0.29, 0.717) is 0 Å². The van der Waals surface area contributed by atoms with Crippen molar-refractivity contribution in [3.8, 4) is 0 Å². The summed E-state index contributed by atoms with van der Waals surface area (Å²) in [6.45, 7) is 0.238. The minimum Gasteiger partial charge on any atom is -0.330 e. The molecule has 0 saturated carbocycles. The standard InChI is InChI=1S/C12H14N2O2/c13-9-8-12(16)14-11(15)7-6-10-4-2-1-3-5-10/h1-7H,8-9,13H2,(H,14,15,16). The average molecular weight is 218 g/mol. The second-order valence-corrected chi connectivity index (χ2v) is 3.20. The third-order valence-corrected chi connectivity index (χ3v) is 1.86. The van der Waals surface area contributed by atoms with Crippen LogP contribution in [0.25, 0.3) is 6.08 Å². The van der Waals surface area contributed by atoms with E-state index >= 15 is 0 Å². The van der Waals surface area contributed by atoms with Crippen LogP contribution in [0.3, 0.4) is 0 Å². The molecule has 4 nitrogen and oxygen atoms in total. The van der Waals surface area contributed by atoms with Crippen LogP contribution in [0, 0.1) is 0 Å². The van der Waals surface area contributed by atoms with Crippen LogP contribution >= 0.6 is 0 Å². The third-order valence-electron chi connectivity index (χ3n) is 1.86. The first-order chi connectivity index (χ1) is 7.72. The molecular formula is C12H14N2O2.